The van der Waals surface area contributed by atoms with Crippen molar-refractivity contribution in [3.63, 3.8) is 0 Å². The topological polar surface area (TPSA) is 40.5 Å². The lowest BCUT2D eigenvalue weighted by Crippen LogP contribution is -2.14. The molecule has 0 bridgehead atoms. The first-order chi connectivity index (χ1) is 8.75. The molecule has 0 saturated carbocycles. The first kappa shape index (κ1) is 12.9. The number of nitrogens with zero attached hydrogens (tertiary/aromatic N) is 1. The molecule has 1 N–H and O–H groups in total. The van der Waals surface area contributed by atoms with Crippen LogP contribution in [0.4, 0.5) is 0 Å². The van der Waals surface area contributed by atoms with Gasteiger partial charge in [-0.05, 0) is 15.7 Å². The maximum absolute atomic E-state index is 11.4. The van der Waals surface area contributed by atoms with E-state index < -0.39 is 8.18 Å². The zero-order valence-electron chi connectivity index (χ0n) is 9.94. The first-order valence-corrected chi connectivity index (χ1v) is 6.91. The molecular weight excluding hydrogens is 245 g/mol. The molecule has 0 radical (unpaired) electrons. The number of rotatable bonds is 5. The molecule has 0 fully saturated rings. The van der Waals surface area contributed by atoms with Crippen LogP contribution in [0.2, 0.25) is 0 Å². The maximum atomic E-state index is 11.4. The molecule has 0 aliphatic carbocycles. The highest BCUT2D eigenvalue weighted by molar-refractivity contribution is 7.35. The summed E-state index contributed by atoms with van der Waals surface area (Å²) in [4.78, 5) is 9.37. The van der Waals surface area contributed by atoms with Gasteiger partial charge in [-0.1, -0.05) is 65.3 Å². The molecule has 1 unspecified atom stereocenters. The van der Waals surface area contributed by atoms with Gasteiger partial charge in [0.2, 0.25) is 0 Å². The Kier molecular flexibility index (Phi) is 4.59. The third-order valence-corrected chi connectivity index (χ3v) is 3.42. The summed E-state index contributed by atoms with van der Waals surface area (Å²) in [6.45, 7) is 0.947. The summed E-state index contributed by atoms with van der Waals surface area (Å²) in [7, 11) is -2.33. The predicted molar refractivity (Wildman–Crippen MR) is 72.0 cm³/mol. The van der Waals surface area contributed by atoms with Crippen molar-refractivity contribution in [1.29, 1.82) is 0 Å². The average Bonchev–Trinajstić information content (AvgIpc) is 2.40. The van der Waals surface area contributed by atoms with Crippen molar-refractivity contribution in [3.8, 4) is 0 Å². The molecule has 92 valence electrons. The molecule has 1 atom stereocenters. The number of hydrogen-bond acceptors (Lipinski definition) is 1. The molecule has 0 saturated heterocycles. The van der Waals surface area contributed by atoms with Gasteiger partial charge in [-0.3, -0.25) is 0 Å². The Hall–Kier alpha value is -1.54. The van der Waals surface area contributed by atoms with Crippen molar-refractivity contribution in [2.45, 2.75) is 13.1 Å². The molecular formula is C14H15NO2P+. The maximum Gasteiger partial charge on any atom is 0.613 e. The molecule has 2 aromatic rings. The van der Waals surface area contributed by atoms with E-state index in [0.717, 1.165) is 11.1 Å². The highest BCUT2D eigenvalue weighted by Gasteiger charge is 2.25. The Balaban J connectivity index is 2.08. The molecule has 18 heavy (non-hydrogen) atoms. The van der Waals surface area contributed by atoms with Crippen LogP contribution < -0.4 is 0 Å². The van der Waals surface area contributed by atoms with Crippen molar-refractivity contribution in [3.05, 3.63) is 71.8 Å². The van der Waals surface area contributed by atoms with Crippen LogP contribution in [-0.4, -0.2) is 9.56 Å². The molecule has 0 heterocycles. The fourth-order valence-electron chi connectivity index (χ4n) is 1.77. The van der Waals surface area contributed by atoms with Crippen molar-refractivity contribution in [2.75, 3.05) is 0 Å². The molecule has 2 aromatic carbocycles. The molecule has 2 rings (SSSR count). The van der Waals surface area contributed by atoms with E-state index in [9.17, 15) is 9.46 Å². The van der Waals surface area contributed by atoms with E-state index in [1.807, 2.05) is 60.7 Å². The van der Waals surface area contributed by atoms with Gasteiger partial charge in [0.1, 0.15) is 0 Å². The zero-order valence-corrected chi connectivity index (χ0v) is 10.8. The monoisotopic (exact) mass is 260 g/mol. The van der Waals surface area contributed by atoms with Crippen LogP contribution in [0.1, 0.15) is 11.1 Å². The summed E-state index contributed by atoms with van der Waals surface area (Å²) < 4.78 is 12.9. The summed E-state index contributed by atoms with van der Waals surface area (Å²) in [5, 5.41) is 0. The summed E-state index contributed by atoms with van der Waals surface area (Å²) in [5.74, 6) is 0. The van der Waals surface area contributed by atoms with E-state index in [2.05, 4.69) is 0 Å². The second-order valence-corrected chi connectivity index (χ2v) is 5.12. The average molecular weight is 260 g/mol. The molecule has 3 nitrogen and oxygen atoms in total. The minimum absolute atomic E-state index is 0.474. The molecule has 0 aliphatic heterocycles. The Labute approximate surface area is 108 Å². The van der Waals surface area contributed by atoms with Gasteiger partial charge in [-0.15, -0.1) is 4.89 Å². The summed E-state index contributed by atoms with van der Waals surface area (Å²) in [6, 6.07) is 19.4. The smallest absolute Gasteiger partial charge is 0.144 e. The zero-order chi connectivity index (χ0) is 12.8. The first-order valence-electron chi connectivity index (χ1n) is 5.74. The van der Waals surface area contributed by atoms with Crippen LogP contribution in [0.25, 0.3) is 0 Å². The largest absolute Gasteiger partial charge is 0.613 e. The van der Waals surface area contributed by atoms with Crippen molar-refractivity contribution < 1.29 is 9.46 Å². The van der Waals surface area contributed by atoms with E-state index >= 15 is 0 Å². The molecule has 0 aromatic heterocycles. The fraction of sp³-hybridized carbons (Fsp3) is 0.143. The Morgan fingerprint density at radius 2 is 1.22 bits per heavy atom. The third-order valence-electron chi connectivity index (χ3n) is 2.66. The highest BCUT2D eigenvalue weighted by atomic mass is 31.1. The lowest BCUT2D eigenvalue weighted by molar-refractivity contribution is 0.357. The quantitative estimate of drug-likeness (QED) is 0.838. The van der Waals surface area contributed by atoms with Gasteiger partial charge < -0.3 is 0 Å². The fourth-order valence-corrected chi connectivity index (χ4v) is 2.33. The normalized spacial score (nSPS) is 11.6. The van der Waals surface area contributed by atoms with E-state index in [0.29, 0.717) is 13.1 Å². The standard InChI is InChI=1S/C14H14NO2P/c16-18(17)15(11-13-7-3-1-4-8-13)12-14-9-5-2-6-10-14/h1-10H,11-12H2/p+1. The SMILES string of the molecule is O=[P+](O)N(Cc1ccccc1)Cc1ccccc1. The van der Waals surface area contributed by atoms with Gasteiger partial charge in [0.25, 0.3) is 0 Å². The second-order valence-electron chi connectivity index (χ2n) is 4.05. The molecule has 0 amide bonds. The summed E-state index contributed by atoms with van der Waals surface area (Å²) >= 11 is 0. The lowest BCUT2D eigenvalue weighted by atomic mass is 10.2. The van der Waals surface area contributed by atoms with E-state index in [1.54, 1.807) is 4.67 Å². The van der Waals surface area contributed by atoms with Gasteiger partial charge in [-0.2, -0.15) is 0 Å². The highest BCUT2D eigenvalue weighted by Crippen LogP contribution is 2.26. The van der Waals surface area contributed by atoms with E-state index in [1.165, 1.54) is 0 Å². The Bertz CT molecular complexity index is 460. The van der Waals surface area contributed by atoms with Crippen LogP contribution in [-0.2, 0) is 17.7 Å². The van der Waals surface area contributed by atoms with Crippen LogP contribution in [0.5, 0.6) is 0 Å². The van der Waals surface area contributed by atoms with Crippen LogP contribution in [0.3, 0.4) is 0 Å². The Morgan fingerprint density at radius 1 is 0.833 bits per heavy atom. The number of hydrogen-bond donors (Lipinski definition) is 1. The molecule has 0 spiro atoms. The van der Waals surface area contributed by atoms with Crippen molar-refractivity contribution >= 4 is 8.18 Å². The van der Waals surface area contributed by atoms with Gasteiger partial charge in [-0.25, -0.2) is 0 Å². The summed E-state index contributed by atoms with van der Waals surface area (Å²) in [5.41, 5.74) is 2.07. The second kappa shape index (κ2) is 6.41. The van der Waals surface area contributed by atoms with Crippen molar-refractivity contribution in [1.82, 2.24) is 4.67 Å². The lowest BCUT2D eigenvalue weighted by Gasteiger charge is -2.09. The van der Waals surface area contributed by atoms with Crippen molar-refractivity contribution in [2.24, 2.45) is 0 Å². The van der Waals surface area contributed by atoms with E-state index in [4.69, 9.17) is 0 Å². The minimum Gasteiger partial charge on any atom is -0.144 e. The van der Waals surface area contributed by atoms with Crippen LogP contribution >= 0.6 is 8.18 Å². The third kappa shape index (κ3) is 3.74. The van der Waals surface area contributed by atoms with Crippen LogP contribution in [0.15, 0.2) is 60.7 Å². The molecule has 0 aliphatic rings. The van der Waals surface area contributed by atoms with Gasteiger partial charge in [0.15, 0.2) is 0 Å². The van der Waals surface area contributed by atoms with Gasteiger partial charge in [0.05, 0.1) is 13.1 Å². The predicted octanol–water partition coefficient (Wildman–Crippen LogP) is 3.34. The molecule has 4 heteroatoms. The van der Waals surface area contributed by atoms with Crippen LogP contribution in [0, 0.1) is 0 Å². The number of benzene rings is 2. The van der Waals surface area contributed by atoms with Gasteiger partial charge >= 0.3 is 8.18 Å². The summed E-state index contributed by atoms with van der Waals surface area (Å²) in [6.07, 6.45) is 0. The Morgan fingerprint density at radius 3 is 1.56 bits per heavy atom. The van der Waals surface area contributed by atoms with E-state index in [-0.39, 0.29) is 0 Å². The minimum atomic E-state index is -2.33. The van der Waals surface area contributed by atoms with Gasteiger partial charge in [0, 0.05) is 0 Å².